The van der Waals surface area contributed by atoms with Gasteiger partial charge in [-0.25, -0.2) is 0 Å². The van der Waals surface area contributed by atoms with E-state index < -0.39 is 6.04 Å². The van der Waals surface area contributed by atoms with Crippen molar-refractivity contribution in [2.75, 3.05) is 19.6 Å². The Hall–Kier alpha value is -2.41. The maximum absolute atomic E-state index is 12.8. The standard InChI is InChI=1S/C21H25N3O4/c1-2-23-9-13-8-16(13)18(11-23)28-14-3-4-15-12(7-14)10-24(21(15)27)17-5-6-19(25)22-20(17)26/h3-4,7,13,16-18H,2,5-6,8-11H2,1H3,(H,22,25,26)/t13-,16?,17?,18-/m1/s1. The fourth-order valence-corrected chi connectivity index (χ4v) is 4.91. The predicted molar refractivity (Wildman–Crippen MR) is 101 cm³/mol. The Labute approximate surface area is 164 Å². The van der Waals surface area contributed by atoms with Crippen LogP contribution >= 0.6 is 0 Å². The van der Waals surface area contributed by atoms with Crippen molar-refractivity contribution in [3.05, 3.63) is 29.3 Å². The zero-order chi connectivity index (χ0) is 19.4. The minimum absolute atomic E-state index is 0.145. The average Bonchev–Trinajstić information content (AvgIpc) is 3.39. The maximum atomic E-state index is 12.8. The van der Waals surface area contributed by atoms with E-state index in [-0.39, 0.29) is 30.2 Å². The van der Waals surface area contributed by atoms with Crippen LogP contribution in [0.5, 0.6) is 5.75 Å². The second kappa shape index (κ2) is 6.58. The van der Waals surface area contributed by atoms with Crippen LogP contribution in [-0.2, 0) is 16.1 Å². The Morgan fingerprint density at radius 1 is 1.21 bits per heavy atom. The molecule has 4 atom stereocenters. The molecule has 3 fully saturated rings. The Bertz CT molecular complexity index is 854. The number of fused-ring (bicyclic) bond motifs is 2. The van der Waals surface area contributed by atoms with Gasteiger partial charge < -0.3 is 9.64 Å². The first kappa shape index (κ1) is 17.7. The van der Waals surface area contributed by atoms with Crippen LogP contribution in [0.1, 0.15) is 42.1 Å². The number of amides is 3. The van der Waals surface area contributed by atoms with E-state index in [1.807, 2.05) is 18.2 Å². The lowest BCUT2D eigenvalue weighted by Crippen LogP contribution is -2.52. The molecule has 7 nitrogen and oxygen atoms in total. The molecule has 3 aliphatic heterocycles. The van der Waals surface area contributed by atoms with Gasteiger partial charge >= 0.3 is 0 Å². The zero-order valence-electron chi connectivity index (χ0n) is 16.0. The fraction of sp³-hybridized carbons (Fsp3) is 0.571. The van der Waals surface area contributed by atoms with Crippen molar-refractivity contribution in [3.63, 3.8) is 0 Å². The van der Waals surface area contributed by atoms with Gasteiger partial charge in [-0.05, 0) is 49.1 Å². The van der Waals surface area contributed by atoms with E-state index in [1.54, 1.807) is 4.90 Å². The number of rotatable bonds is 4. The van der Waals surface area contributed by atoms with Crippen molar-refractivity contribution < 1.29 is 19.1 Å². The summed E-state index contributed by atoms with van der Waals surface area (Å²) in [5, 5.41) is 2.34. The average molecular weight is 383 g/mol. The minimum Gasteiger partial charge on any atom is -0.489 e. The molecule has 3 amide bonds. The molecule has 1 aromatic rings. The molecule has 1 aromatic carbocycles. The molecule has 5 rings (SSSR count). The summed E-state index contributed by atoms with van der Waals surface area (Å²) < 4.78 is 6.32. The zero-order valence-corrected chi connectivity index (χ0v) is 16.0. The number of nitrogens with zero attached hydrogens (tertiary/aromatic N) is 2. The molecular formula is C21H25N3O4. The van der Waals surface area contributed by atoms with E-state index in [0.717, 1.165) is 30.3 Å². The monoisotopic (exact) mass is 383 g/mol. The Morgan fingerprint density at radius 2 is 2.07 bits per heavy atom. The summed E-state index contributed by atoms with van der Waals surface area (Å²) in [5.41, 5.74) is 1.52. The van der Waals surface area contributed by atoms with Crippen LogP contribution in [0.15, 0.2) is 18.2 Å². The molecule has 4 aliphatic rings. The van der Waals surface area contributed by atoms with Gasteiger partial charge in [-0.3, -0.25) is 24.6 Å². The molecule has 2 saturated heterocycles. The summed E-state index contributed by atoms with van der Waals surface area (Å²) in [6, 6.07) is 5.04. The third-order valence-electron chi connectivity index (χ3n) is 6.62. The number of imide groups is 1. The van der Waals surface area contributed by atoms with E-state index in [1.165, 1.54) is 13.0 Å². The molecular weight excluding hydrogens is 358 g/mol. The summed E-state index contributed by atoms with van der Waals surface area (Å²) >= 11 is 0. The first-order chi connectivity index (χ1) is 13.5. The molecule has 1 saturated carbocycles. The highest BCUT2D eigenvalue weighted by Crippen LogP contribution is 2.46. The van der Waals surface area contributed by atoms with Crippen molar-refractivity contribution in [2.45, 2.75) is 44.9 Å². The number of piperidine rings is 2. The number of likely N-dealkylation sites (N-methyl/N-ethyl adjacent to an activating group) is 1. The molecule has 2 unspecified atom stereocenters. The fourth-order valence-electron chi connectivity index (χ4n) is 4.91. The molecule has 1 N–H and O–H groups in total. The van der Waals surface area contributed by atoms with Gasteiger partial charge in [0.1, 0.15) is 17.9 Å². The van der Waals surface area contributed by atoms with E-state index >= 15 is 0 Å². The van der Waals surface area contributed by atoms with Gasteiger partial charge in [0, 0.05) is 37.5 Å². The number of ether oxygens (including phenoxy) is 1. The minimum atomic E-state index is -0.578. The number of benzene rings is 1. The third-order valence-corrected chi connectivity index (χ3v) is 6.62. The number of likely N-dealkylation sites (tertiary alicyclic amines) is 1. The second-order valence-electron chi connectivity index (χ2n) is 8.39. The summed E-state index contributed by atoms with van der Waals surface area (Å²) in [4.78, 5) is 40.3. The Morgan fingerprint density at radius 3 is 2.86 bits per heavy atom. The Balaban J connectivity index is 1.31. The maximum Gasteiger partial charge on any atom is 0.255 e. The van der Waals surface area contributed by atoms with E-state index in [4.69, 9.17) is 4.74 Å². The highest BCUT2D eigenvalue weighted by molar-refractivity contribution is 6.05. The lowest BCUT2D eigenvalue weighted by molar-refractivity contribution is -0.136. The summed E-state index contributed by atoms with van der Waals surface area (Å²) in [6.45, 7) is 5.75. The van der Waals surface area contributed by atoms with Gasteiger partial charge in [0.15, 0.2) is 0 Å². The number of nitrogens with one attached hydrogen (secondary N) is 1. The van der Waals surface area contributed by atoms with Gasteiger partial charge in [0.05, 0.1) is 0 Å². The molecule has 7 heteroatoms. The Kier molecular flexibility index (Phi) is 4.16. The van der Waals surface area contributed by atoms with Crippen LogP contribution in [0.3, 0.4) is 0 Å². The van der Waals surface area contributed by atoms with Gasteiger partial charge in [0.2, 0.25) is 11.8 Å². The molecule has 0 radical (unpaired) electrons. The smallest absolute Gasteiger partial charge is 0.255 e. The SMILES string of the molecule is CCN1C[C@H]2CC2[C@H](Oc2ccc3c(c2)CN(C2CCC(=O)NC2=O)C3=O)C1. The van der Waals surface area contributed by atoms with Crippen LogP contribution < -0.4 is 10.1 Å². The van der Waals surface area contributed by atoms with E-state index in [9.17, 15) is 14.4 Å². The highest BCUT2D eigenvalue weighted by Gasteiger charge is 2.49. The lowest BCUT2D eigenvalue weighted by atomic mass is 10.0. The highest BCUT2D eigenvalue weighted by atomic mass is 16.5. The van der Waals surface area contributed by atoms with Crippen LogP contribution in [0.2, 0.25) is 0 Å². The van der Waals surface area contributed by atoms with Crippen molar-refractivity contribution >= 4 is 17.7 Å². The first-order valence-electron chi connectivity index (χ1n) is 10.2. The van der Waals surface area contributed by atoms with Crippen molar-refractivity contribution in [1.29, 1.82) is 0 Å². The van der Waals surface area contributed by atoms with Gasteiger partial charge in [-0.15, -0.1) is 0 Å². The quantitative estimate of drug-likeness (QED) is 0.790. The van der Waals surface area contributed by atoms with Gasteiger partial charge in [-0.2, -0.15) is 0 Å². The van der Waals surface area contributed by atoms with Crippen LogP contribution in [-0.4, -0.2) is 59.3 Å². The largest absolute Gasteiger partial charge is 0.489 e. The van der Waals surface area contributed by atoms with Crippen LogP contribution in [0.4, 0.5) is 0 Å². The molecule has 148 valence electrons. The first-order valence-corrected chi connectivity index (χ1v) is 10.2. The molecule has 0 spiro atoms. The van der Waals surface area contributed by atoms with E-state index in [2.05, 4.69) is 17.1 Å². The summed E-state index contributed by atoms with van der Waals surface area (Å²) in [7, 11) is 0. The molecule has 1 aliphatic carbocycles. The van der Waals surface area contributed by atoms with Crippen molar-refractivity contribution in [2.24, 2.45) is 11.8 Å². The predicted octanol–water partition coefficient (Wildman–Crippen LogP) is 1.17. The normalized spacial score (nSPS) is 32.0. The van der Waals surface area contributed by atoms with Crippen LogP contribution in [0.25, 0.3) is 0 Å². The second-order valence-corrected chi connectivity index (χ2v) is 8.39. The molecule has 3 heterocycles. The van der Waals surface area contributed by atoms with Crippen LogP contribution in [0, 0.1) is 11.8 Å². The summed E-state index contributed by atoms with van der Waals surface area (Å²) in [5.74, 6) is 1.41. The molecule has 28 heavy (non-hydrogen) atoms. The van der Waals surface area contributed by atoms with Gasteiger partial charge in [0.25, 0.3) is 5.91 Å². The number of carbonyl (C=O) groups excluding carboxylic acids is 3. The van der Waals surface area contributed by atoms with Crippen molar-refractivity contribution in [1.82, 2.24) is 15.1 Å². The number of carbonyl (C=O) groups is 3. The topological polar surface area (TPSA) is 79.0 Å². The molecule has 0 bridgehead atoms. The number of hydrogen-bond acceptors (Lipinski definition) is 5. The van der Waals surface area contributed by atoms with Crippen molar-refractivity contribution in [3.8, 4) is 5.75 Å². The van der Waals surface area contributed by atoms with Gasteiger partial charge in [-0.1, -0.05) is 6.92 Å². The lowest BCUT2D eigenvalue weighted by Gasteiger charge is -2.31. The summed E-state index contributed by atoms with van der Waals surface area (Å²) in [6.07, 6.45) is 2.10. The third kappa shape index (κ3) is 2.98. The van der Waals surface area contributed by atoms with E-state index in [0.29, 0.717) is 24.4 Å². The molecule has 0 aromatic heterocycles. The number of hydrogen-bond donors (Lipinski definition) is 1.